The molecule has 0 saturated carbocycles. The molecule has 0 atom stereocenters. The van der Waals surface area contributed by atoms with Gasteiger partial charge in [0.25, 0.3) is 0 Å². The molecule has 2 rings (SSSR count). The van der Waals surface area contributed by atoms with Crippen molar-refractivity contribution < 1.29 is 4.74 Å². The summed E-state index contributed by atoms with van der Waals surface area (Å²) in [5.74, 6) is 3.53. The first kappa shape index (κ1) is 23.9. The SMILES string of the molecule is COc1ccccc1C1CCN(CCCCN(CCS)CCNCCS)CC1. The minimum absolute atomic E-state index is 0.642. The summed E-state index contributed by atoms with van der Waals surface area (Å²) in [6.45, 7) is 9.04. The van der Waals surface area contributed by atoms with E-state index >= 15 is 0 Å². The topological polar surface area (TPSA) is 27.7 Å². The average Bonchev–Trinajstić information content (AvgIpc) is 2.74. The Hall–Kier alpha value is -0.400. The van der Waals surface area contributed by atoms with Gasteiger partial charge in [-0.3, -0.25) is 0 Å². The van der Waals surface area contributed by atoms with Crippen molar-refractivity contribution in [3.63, 3.8) is 0 Å². The van der Waals surface area contributed by atoms with Gasteiger partial charge in [0, 0.05) is 37.7 Å². The molecule has 1 N–H and O–H groups in total. The van der Waals surface area contributed by atoms with Crippen LogP contribution in [-0.4, -0.2) is 80.8 Å². The van der Waals surface area contributed by atoms with Gasteiger partial charge in [0.2, 0.25) is 0 Å². The third kappa shape index (κ3) is 8.54. The third-order valence-corrected chi connectivity index (χ3v) is 6.10. The lowest BCUT2D eigenvalue weighted by atomic mass is 9.88. The zero-order valence-corrected chi connectivity index (χ0v) is 19.3. The highest BCUT2D eigenvalue weighted by Crippen LogP contribution is 2.33. The summed E-state index contributed by atoms with van der Waals surface area (Å²) in [5.41, 5.74) is 1.39. The van der Waals surface area contributed by atoms with E-state index in [2.05, 4.69) is 64.6 Å². The Bertz CT molecular complexity index is 524. The van der Waals surface area contributed by atoms with Crippen LogP contribution in [0, 0.1) is 0 Å². The van der Waals surface area contributed by atoms with Gasteiger partial charge in [-0.2, -0.15) is 25.3 Å². The van der Waals surface area contributed by atoms with Gasteiger partial charge in [-0.05, 0) is 69.4 Å². The van der Waals surface area contributed by atoms with Gasteiger partial charge in [0.05, 0.1) is 7.11 Å². The fraction of sp³-hybridized carbons (Fsp3) is 0.727. The lowest BCUT2D eigenvalue weighted by Crippen LogP contribution is -2.36. The smallest absolute Gasteiger partial charge is 0.122 e. The molecular weight excluding hydrogens is 386 g/mol. The van der Waals surface area contributed by atoms with Gasteiger partial charge in [-0.15, -0.1) is 0 Å². The highest BCUT2D eigenvalue weighted by molar-refractivity contribution is 7.80. The number of rotatable bonds is 14. The highest BCUT2D eigenvalue weighted by atomic mass is 32.1. The number of nitrogens with zero attached hydrogens (tertiary/aromatic N) is 2. The number of benzene rings is 1. The molecule has 6 heteroatoms. The molecule has 1 aromatic rings. The van der Waals surface area contributed by atoms with Gasteiger partial charge < -0.3 is 19.9 Å². The van der Waals surface area contributed by atoms with E-state index in [4.69, 9.17) is 4.74 Å². The van der Waals surface area contributed by atoms with Crippen LogP contribution in [0.1, 0.15) is 37.2 Å². The van der Waals surface area contributed by atoms with Crippen molar-refractivity contribution in [1.29, 1.82) is 0 Å². The summed E-state index contributed by atoms with van der Waals surface area (Å²) in [6, 6.07) is 8.52. The maximum absolute atomic E-state index is 5.56. The Morgan fingerprint density at radius 3 is 2.54 bits per heavy atom. The molecule has 0 amide bonds. The van der Waals surface area contributed by atoms with E-state index in [1.54, 1.807) is 7.11 Å². The predicted molar refractivity (Wildman–Crippen MR) is 128 cm³/mol. The van der Waals surface area contributed by atoms with Crippen LogP contribution >= 0.6 is 25.3 Å². The van der Waals surface area contributed by atoms with Crippen LogP contribution in [-0.2, 0) is 0 Å². The van der Waals surface area contributed by atoms with Crippen LogP contribution in [0.5, 0.6) is 5.75 Å². The average molecular weight is 426 g/mol. The molecule has 0 aromatic heterocycles. The van der Waals surface area contributed by atoms with E-state index in [-0.39, 0.29) is 0 Å². The number of hydrogen-bond acceptors (Lipinski definition) is 6. The van der Waals surface area contributed by atoms with E-state index in [0.29, 0.717) is 5.92 Å². The predicted octanol–water partition coefficient (Wildman–Crippen LogP) is 3.41. The zero-order valence-electron chi connectivity index (χ0n) is 17.5. The van der Waals surface area contributed by atoms with Crippen molar-refractivity contribution in [3.05, 3.63) is 29.8 Å². The Morgan fingerprint density at radius 1 is 1.04 bits per heavy atom. The second-order valence-corrected chi connectivity index (χ2v) is 8.50. The second kappa shape index (κ2) is 14.6. The maximum Gasteiger partial charge on any atom is 0.122 e. The zero-order chi connectivity index (χ0) is 20.0. The van der Waals surface area contributed by atoms with Crippen molar-refractivity contribution in [2.24, 2.45) is 0 Å². The fourth-order valence-corrected chi connectivity index (χ4v) is 4.50. The summed E-state index contributed by atoms with van der Waals surface area (Å²) in [6.07, 6.45) is 5.03. The molecule has 28 heavy (non-hydrogen) atoms. The summed E-state index contributed by atoms with van der Waals surface area (Å²) in [7, 11) is 1.78. The van der Waals surface area contributed by atoms with Gasteiger partial charge in [-0.25, -0.2) is 0 Å². The number of piperidine rings is 1. The van der Waals surface area contributed by atoms with Crippen LogP contribution in [0.15, 0.2) is 24.3 Å². The normalized spacial score (nSPS) is 16.0. The van der Waals surface area contributed by atoms with Crippen molar-refractivity contribution >= 4 is 25.3 Å². The first-order chi connectivity index (χ1) is 13.8. The number of ether oxygens (including phenoxy) is 1. The van der Waals surface area contributed by atoms with Crippen LogP contribution < -0.4 is 10.1 Å². The molecule has 4 nitrogen and oxygen atoms in total. The van der Waals surface area contributed by atoms with Crippen molar-refractivity contribution in [2.45, 2.75) is 31.6 Å². The molecule has 160 valence electrons. The van der Waals surface area contributed by atoms with Crippen molar-refractivity contribution in [1.82, 2.24) is 15.1 Å². The molecule has 0 spiro atoms. The summed E-state index contributed by atoms with van der Waals surface area (Å²) < 4.78 is 5.56. The maximum atomic E-state index is 5.56. The second-order valence-electron chi connectivity index (χ2n) is 7.60. The van der Waals surface area contributed by atoms with Gasteiger partial charge in [0.1, 0.15) is 5.75 Å². The fourth-order valence-electron chi connectivity index (χ4n) is 4.06. The van der Waals surface area contributed by atoms with E-state index in [9.17, 15) is 0 Å². The summed E-state index contributed by atoms with van der Waals surface area (Å²) in [5, 5.41) is 3.43. The van der Waals surface area contributed by atoms with Crippen LogP contribution in [0.3, 0.4) is 0 Å². The van der Waals surface area contributed by atoms with Gasteiger partial charge in [0.15, 0.2) is 0 Å². The van der Waals surface area contributed by atoms with Crippen molar-refractivity contribution in [3.8, 4) is 5.75 Å². The first-order valence-electron chi connectivity index (χ1n) is 10.8. The molecule has 0 unspecified atom stereocenters. The lowest BCUT2D eigenvalue weighted by molar-refractivity contribution is 0.201. The Labute approximate surface area is 183 Å². The molecule has 1 aromatic carbocycles. The molecule has 0 aliphatic carbocycles. The number of para-hydroxylation sites is 1. The minimum atomic E-state index is 0.642. The van der Waals surface area contributed by atoms with E-state index in [1.165, 1.54) is 57.4 Å². The van der Waals surface area contributed by atoms with Crippen molar-refractivity contribution in [2.75, 3.05) is 71.0 Å². The van der Waals surface area contributed by atoms with Crippen LogP contribution in [0.4, 0.5) is 0 Å². The number of unbranched alkanes of at least 4 members (excludes halogenated alkanes) is 1. The first-order valence-corrected chi connectivity index (χ1v) is 12.0. The number of methoxy groups -OCH3 is 1. The molecule has 1 fully saturated rings. The molecule has 1 saturated heterocycles. The Balaban J connectivity index is 1.62. The van der Waals surface area contributed by atoms with E-state index < -0.39 is 0 Å². The van der Waals surface area contributed by atoms with E-state index in [0.717, 1.165) is 43.4 Å². The molecule has 1 aliphatic rings. The molecule has 1 heterocycles. The number of hydrogen-bond donors (Lipinski definition) is 3. The van der Waals surface area contributed by atoms with Crippen LogP contribution in [0.2, 0.25) is 0 Å². The Kier molecular flexibility index (Phi) is 12.4. The molecule has 0 radical (unpaired) electrons. The number of nitrogens with one attached hydrogen (secondary N) is 1. The monoisotopic (exact) mass is 425 g/mol. The molecule has 1 aliphatic heterocycles. The molecular formula is C22H39N3OS2. The van der Waals surface area contributed by atoms with Gasteiger partial charge >= 0.3 is 0 Å². The van der Waals surface area contributed by atoms with Crippen LogP contribution in [0.25, 0.3) is 0 Å². The Morgan fingerprint density at radius 2 is 1.82 bits per heavy atom. The third-order valence-electron chi connectivity index (χ3n) is 5.67. The lowest BCUT2D eigenvalue weighted by Gasteiger charge is -2.33. The minimum Gasteiger partial charge on any atom is -0.496 e. The molecule has 0 bridgehead atoms. The largest absolute Gasteiger partial charge is 0.496 e. The van der Waals surface area contributed by atoms with Gasteiger partial charge in [-0.1, -0.05) is 18.2 Å². The van der Waals surface area contributed by atoms with E-state index in [1.807, 2.05) is 0 Å². The summed E-state index contributed by atoms with van der Waals surface area (Å²) in [4.78, 5) is 5.18. The summed E-state index contributed by atoms with van der Waals surface area (Å²) >= 11 is 8.66. The highest BCUT2D eigenvalue weighted by Gasteiger charge is 2.22. The number of likely N-dealkylation sites (tertiary alicyclic amines) is 1. The quantitative estimate of drug-likeness (QED) is 0.315. The number of thiol groups is 2. The standard InChI is InChI=1S/C22H39N3OS2/c1-26-22-7-3-2-6-21(22)20-8-14-24(15-9-20)12-4-5-13-25(17-19-28)16-10-23-11-18-27/h2-3,6-7,20,23,27-28H,4-5,8-19H2,1H3.